The molecule has 1 aliphatic heterocycles. The second-order valence-corrected chi connectivity index (χ2v) is 6.94. The Kier molecular flexibility index (Phi) is 7.76. The minimum Gasteiger partial charge on any atom is -0.491 e. The molecule has 27 heavy (non-hydrogen) atoms. The molecule has 1 aromatic rings. The van der Waals surface area contributed by atoms with E-state index in [1.807, 2.05) is 13.8 Å². The molecule has 1 saturated heterocycles. The van der Waals surface area contributed by atoms with E-state index in [-0.39, 0.29) is 18.2 Å². The maximum Gasteiger partial charge on any atom is 0.409 e. The van der Waals surface area contributed by atoms with Crippen molar-refractivity contribution in [2.75, 3.05) is 32.8 Å². The van der Waals surface area contributed by atoms with Crippen molar-refractivity contribution in [1.29, 1.82) is 0 Å². The summed E-state index contributed by atoms with van der Waals surface area (Å²) in [5, 5.41) is 5.78. The Morgan fingerprint density at radius 3 is 2.37 bits per heavy atom. The maximum absolute atomic E-state index is 12.0. The number of hydrogen-bond acceptors (Lipinski definition) is 4. The number of piperidine rings is 1. The standard InChI is InChI=1S/C20H31N3O4/c1-5-26-20(25)23-9-6-17(7-10-23)22-19(24)21-8-11-27-18-15(3)12-14(2)13-16(18)4/h12-13,17H,5-11H2,1-4H3,(H2,21,22,24). The number of ether oxygens (including phenoxy) is 2. The first-order chi connectivity index (χ1) is 12.9. The summed E-state index contributed by atoms with van der Waals surface area (Å²) in [5.74, 6) is 0.883. The van der Waals surface area contributed by atoms with Crippen molar-refractivity contribution in [2.24, 2.45) is 0 Å². The Balaban J connectivity index is 1.65. The highest BCUT2D eigenvalue weighted by Gasteiger charge is 2.24. The minimum atomic E-state index is -0.278. The van der Waals surface area contributed by atoms with Gasteiger partial charge >= 0.3 is 12.1 Å². The highest BCUT2D eigenvalue weighted by molar-refractivity contribution is 5.74. The fraction of sp³-hybridized carbons (Fsp3) is 0.600. The SMILES string of the molecule is CCOC(=O)N1CCC(NC(=O)NCCOc2c(C)cc(C)cc2C)CC1. The Bertz CT molecular complexity index is 632. The van der Waals surface area contributed by atoms with Gasteiger partial charge in [-0.05, 0) is 51.7 Å². The Morgan fingerprint density at radius 2 is 1.78 bits per heavy atom. The molecule has 0 bridgehead atoms. The summed E-state index contributed by atoms with van der Waals surface area (Å²) in [6, 6.07) is 4.04. The third kappa shape index (κ3) is 6.34. The van der Waals surface area contributed by atoms with Gasteiger partial charge in [-0.1, -0.05) is 17.7 Å². The normalized spacial score (nSPS) is 14.6. The summed E-state index contributed by atoms with van der Waals surface area (Å²) >= 11 is 0. The van der Waals surface area contributed by atoms with Gasteiger partial charge in [-0.3, -0.25) is 0 Å². The van der Waals surface area contributed by atoms with E-state index in [9.17, 15) is 9.59 Å². The van der Waals surface area contributed by atoms with Gasteiger partial charge in [-0.15, -0.1) is 0 Å². The van der Waals surface area contributed by atoms with Crippen molar-refractivity contribution in [3.63, 3.8) is 0 Å². The van der Waals surface area contributed by atoms with Crippen LogP contribution >= 0.6 is 0 Å². The van der Waals surface area contributed by atoms with Gasteiger partial charge in [0.25, 0.3) is 0 Å². The lowest BCUT2D eigenvalue weighted by atomic mass is 10.1. The molecule has 1 fully saturated rings. The van der Waals surface area contributed by atoms with E-state index < -0.39 is 0 Å². The van der Waals surface area contributed by atoms with Crippen LogP contribution in [0.3, 0.4) is 0 Å². The van der Waals surface area contributed by atoms with Crippen molar-refractivity contribution < 1.29 is 19.1 Å². The second kappa shape index (κ2) is 10.0. The van der Waals surface area contributed by atoms with Gasteiger partial charge in [0.15, 0.2) is 0 Å². The molecule has 3 amide bonds. The number of amides is 3. The molecular formula is C20H31N3O4. The molecule has 0 aliphatic carbocycles. The molecule has 0 unspecified atom stereocenters. The van der Waals surface area contributed by atoms with Crippen LogP contribution < -0.4 is 15.4 Å². The fourth-order valence-electron chi connectivity index (χ4n) is 3.37. The van der Waals surface area contributed by atoms with Crippen LogP contribution in [-0.4, -0.2) is 55.9 Å². The molecule has 0 spiro atoms. The third-order valence-electron chi connectivity index (χ3n) is 4.59. The van der Waals surface area contributed by atoms with Gasteiger partial charge in [0.05, 0.1) is 13.2 Å². The van der Waals surface area contributed by atoms with Crippen molar-refractivity contribution in [3.8, 4) is 5.75 Å². The van der Waals surface area contributed by atoms with E-state index >= 15 is 0 Å². The predicted octanol–water partition coefficient (Wildman–Crippen LogP) is 2.91. The number of carbonyl (C=O) groups excluding carboxylic acids is 2. The lowest BCUT2D eigenvalue weighted by molar-refractivity contribution is 0.0957. The van der Waals surface area contributed by atoms with E-state index in [0.717, 1.165) is 29.7 Å². The van der Waals surface area contributed by atoms with Gasteiger partial charge in [-0.25, -0.2) is 9.59 Å². The summed E-state index contributed by atoms with van der Waals surface area (Å²) in [6.07, 6.45) is 1.17. The average molecular weight is 377 g/mol. The molecule has 7 heteroatoms. The van der Waals surface area contributed by atoms with Crippen LogP contribution in [0.15, 0.2) is 12.1 Å². The lowest BCUT2D eigenvalue weighted by Crippen LogP contribution is -2.49. The Morgan fingerprint density at radius 1 is 1.15 bits per heavy atom. The average Bonchev–Trinajstić information content (AvgIpc) is 2.61. The smallest absolute Gasteiger partial charge is 0.409 e. The zero-order chi connectivity index (χ0) is 19.8. The van der Waals surface area contributed by atoms with Crippen LogP contribution in [0.5, 0.6) is 5.75 Å². The Labute approximate surface area is 161 Å². The number of carbonyl (C=O) groups is 2. The van der Waals surface area contributed by atoms with Gasteiger partial charge in [-0.2, -0.15) is 0 Å². The first-order valence-electron chi connectivity index (χ1n) is 9.57. The van der Waals surface area contributed by atoms with Crippen LogP contribution in [0.4, 0.5) is 9.59 Å². The third-order valence-corrected chi connectivity index (χ3v) is 4.59. The number of rotatable bonds is 6. The van der Waals surface area contributed by atoms with Gasteiger partial charge in [0.1, 0.15) is 12.4 Å². The number of nitrogens with zero attached hydrogens (tertiary/aromatic N) is 1. The predicted molar refractivity (Wildman–Crippen MR) is 104 cm³/mol. The number of urea groups is 1. The highest BCUT2D eigenvalue weighted by atomic mass is 16.6. The van der Waals surface area contributed by atoms with E-state index in [1.165, 1.54) is 5.56 Å². The van der Waals surface area contributed by atoms with Crippen LogP contribution in [0, 0.1) is 20.8 Å². The van der Waals surface area contributed by atoms with Crippen LogP contribution in [0.2, 0.25) is 0 Å². The van der Waals surface area contributed by atoms with Gasteiger partial charge in [0, 0.05) is 19.1 Å². The molecular weight excluding hydrogens is 346 g/mol. The minimum absolute atomic E-state index is 0.0678. The second-order valence-electron chi connectivity index (χ2n) is 6.94. The number of hydrogen-bond donors (Lipinski definition) is 2. The van der Waals surface area contributed by atoms with E-state index in [0.29, 0.717) is 32.8 Å². The molecule has 0 atom stereocenters. The van der Waals surface area contributed by atoms with E-state index in [1.54, 1.807) is 11.8 Å². The van der Waals surface area contributed by atoms with E-state index in [2.05, 4.69) is 29.7 Å². The van der Waals surface area contributed by atoms with Crippen LogP contribution in [-0.2, 0) is 4.74 Å². The topological polar surface area (TPSA) is 79.9 Å². The molecule has 0 aromatic heterocycles. The quantitative estimate of drug-likeness (QED) is 0.747. The van der Waals surface area contributed by atoms with Crippen molar-refractivity contribution >= 4 is 12.1 Å². The van der Waals surface area contributed by atoms with E-state index in [4.69, 9.17) is 9.47 Å². The van der Waals surface area contributed by atoms with Crippen molar-refractivity contribution in [1.82, 2.24) is 15.5 Å². The molecule has 150 valence electrons. The fourth-order valence-corrected chi connectivity index (χ4v) is 3.37. The summed E-state index contributed by atoms with van der Waals surface area (Å²) in [7, 11) is 0. The number of aryl methyl sites for hydroxylation is 3. The number of benzene rings is 1. The van der Waals surface area contributed by atoms with Crippen molar-refractivity contribution in [2.45, 2.75) is 46.6 Å². The van der Waals surface area contributed by atoms with Gasteiger partial charge in [0.2, 0.25) is 0 Å². The molecule has 2 N–H and O–H groups in total. The molecule has 0 radical (unpaired) electrons. The van der Waals surface area contributed by atoms with Crippen LogP contribution in [0.25, 0.3) is 0 Å². The first-order valence-corrected chi connectivity index (χ1v) is 9.57. The monoisotopic (exact) mass is 377 g/mol. The van der Waals surface area contributed by atoms with Crippen molar-refractivity contribution in [3.05, 3.63) is 28.8 Å². The molecule has 2 rings (SSSR count). The number of nitrogens with one attached hydrogen (secondary N) is 2. The summed E-state index contributed by atoms with van der Waals surface area (Å²) in [6.45, 7) is 10.3. The Hall–Kier alpha value is -2.44. The first kappa shape index (κ1) is 20.9. The number of likely N-dealkylation sites (tertiary alicyclic amines) is 1. The lowest BCUT2D eigenvalue weighted by Gasteiger charge is -2.31. The summed E-state index contributed by atoms with van der Waals surface area (Å²) < 4.78 is 10.8. The van der Waals surface area contributed by atoms with Crippen LogP contribution in [0.1, 0.15) is 36.5 Å². The molecule has 0 saturated carbocycles. The summed E-state index contributed by atoms with van der Waals surface area (Å²) in [4.78, 5) is 25.4. The largest absolute Gasteiger partial charge is 0.491 e. The zero-order valence-electron chi connectivity index (χ0n) is 16.8. The molecule has 1 aromatic carbocycles. The molecule has 1 aliphatic rings. The highest BCUT2D eigenvalue weighted by Crippen LogP contribution is 2.24. The zero-order valence-corrected chi connectivity index (χ0v) is 16.8. The molecule has 7 nitrogen and oxygen atoms in total. The maximum atomic E-state index is 12.0. The van der Waals surface area contributed by atoms with Gasteiger partial charge < -0.3 is 25.0 Å². The molecule has 1 heterocycles. The summed E-state index contributed by atoms with van der Waals surface area (Å²) in [5.41, 5.74) is 3.42.